The van der Waals surface area contributed by atoms with Crippen LogP contribution < -0.4 is 16.4 Å². The number of nitrogens with two attached hydrogens (primary N) is 1. The van der Waals surface area contributed by atoms with Crippen LogP contribution in [-0.2, 0) is 4.79 Å². The third-order valence-electron chi connectivity index (χ3n) is 2.34. The Labute approximate surface area is 90.8 Å². The first-order valence-electron chi connectivity index (χ1n) is 5.36. The van der Waals surface area contributed by atoms with Gasteiger partial charge in [-0.25, -0.2) is 4.79 Å². The molecule has 0 heterocycles. The predicted octanol–water partition coefficient (Wildman–Crippen LogP) is 0.596. The maximum Gasteiger partial charge on any atom is 0.312 e. The third-order valence-corrected chi connectivity index (χ3v) is 2.34. The zero-order valence-corrected chi connectivity index (χ0v) is 9.67. The molecule has 0 saturated heterocycles. The van der Waals surface area contributed by atoms with E-state index in [1.807, 2.05) is 20.8 Å². The highest BCUT2D eigenvalue weighted by molar-refractivity contribution is 5.86. The lowest BCUT2D eigenvalue weighted by Crippen LogP contribution is -2.51. The van der Waals surface area contributed by atoms with Crippen molar-refractivity contribution < 1.29 is 9.59 Å². The summed E-state index contributed by atoms with van der Waals surface area (Å²) in [6, 6.07) is -1.19. The maximum absolute atomic E-state index is 11.7. The largest absolute Gasteiger partial charge is 0.354 e. The monoisotopic (exact) mass is 215 g/mol. The average molecular weight is 215 g/mol. The molecule has 15 heavy (non-hydrogen) atoms. The molecule has 2 atom stereocenters. The van der Waals surface area contributed by atoms with Gasteiger partial charge in [0.2, 0.25) is 5.91 Å². The molecule has 0 unspecified atom stereocenters. The van der Waals surface area contributed by atoms with Gasteiger partial charge in [0, 0.05) is 6.54 Å². The molecule has 0 aliphatic heterocycles. The zero-order valence-electron chi connectivity index (χ0n) is 9.67. The van der Waals surface area contributed by atoms with Crippen LogP contribution >= 0.6 is 0 Å². The minimum absolute atomic E-state index is 0.0781. The van der Waals surface area contributed by atoms with E-state index in [9.17, 15) is 9.59 Å². The number of primary amides is 1. The van der Waals surface area contributed by atoms with Crippen molar-refractivity contribution in [1.29, 1.82) is 0 Å². The first-order chi connectivity index (χ1) is 7.02. The quantitative estimate of drug-likeness (QED) is 0.606. The maximum atomic E-state index is 11.7. The number of hydrogen-bond donors (Lipinski definition) is 3. The first-order valence-corrected chi connectivity index (χ1v) is 5.36. The lowest BCUT2D eigenvalue weighted by Gasteiger charge is -2.22. The van der Waals surface area contributed by atoms with Crippen molar-refractivity contribution in [2.45, 2.75) is 39.7 Å². The van der Waals surface area contributed by atoms with Crippen LogP contribution in [0.1, 0.15) is 33.6 Å². The van der Waals surface area contributed by atoms with Gasteiger partial charge in [-0.2, -0.15) is 0 Å². The molecule has 0 aromatic rings. The second-order valence-corrected chi connectivity index (χ2v) is 3.66. The Balaban J connectivity index is 4.33. The summed E-state index contributed by atoms with van der Waals surface area (Å²) in [5.41, 5.74) is 5.02. The van der Waals surface area contributed by atoms with Gasteiger partial charge in [0.1, 0.15) is 6.04 Å². The highest BCUT2D eigenvalue weighted by Gasteiger charge is 2.24. The minimum Gasteiger partial charge on any atom is -0.354 e. The van der Waals surface area contributed by atoms with Crippen molar-refractivity contribution in [1.82, 2.24) is 10.6 Å². The Bertz CT molecular complexity index is 219. The van der Waals surface area contributed by atoms with Crippen molar-refractivity contribution in [3.63, 3.8) is 0 Å². The molecular formula is C10H21N3O2. The van der Waals surface area contributed by atoms with Crippen LogP contribution in [-0.4, -0.2) is 24.5 Å². The van der Waals surface area contributed by atoms with Gasteiger partial charge < -0.3 is 16.4 Å². The molecule has 0 aromatic heterocycles. The van der Waals surface area contributed by atoms with Gasteiger partial charge in [0.05, 0.1) is 0 Å². The number of carbonyl (C=O) groups excluding carboxylic acids is 2. The van der Waals surface area contributed by atoms with Crippen molar-refractivity contribution in [3.8, 4) is 0 Å². The fourth-order valence-electron chi connectivity index (χ4n) is 1.21. The summed E-state index contributed by atoms with van der Waals surface area (Å²) >= 11 is 0. The standard InChI is InChI=1S/C10H21N3O2/c1-4-6-12-9(14)8(7(3)5-2)13-10(11)15/h7-8H,4-6H2,1-3H3,(H,12,14)(H3,11,13,15)/t7-,8-/m0/s1. The number of amides is 3. The number of carbonyl (C=O) groups is 2. The van der Waals surface area contributed by atoms with E-state index in [1.54, 1.807) is 0 Å². The van der Waals surface area contributed by atoms with Crippen molar-refractivity contribution >= 4 is 11.9 Å². The summed E-state index contributed by atoms with van der Waals surface area (Å²) in [7, 11) is 0. The topological polar surface area (TPSA) is 84.2 Å². The zero-order chi connectivity index (χ0) is 11.8. The lowest BCUT2D eigenvalue weighted by atomic mass is 9.98. The number of nitrogens with one attached hydrogen (secondary N) is 2. The van der Waals surface area contributed by atoms with Crippen molar-refractivity contribution in [2.24, 2.45) is 11.7 Å². The van der Waals surface area contributed by atoms with Crippen LogP contribution in [0.5, 0.6) is 0 Å². The third kappa shape index (κ3) is 5.24. The summed E-state index contributed by atoms with van der Waals surface area (Å²) in [6.07, 6.45) is 1.68. The smallest absolute Gasteiger partial charge is 0.312 e. The molecule has 0 radical (unpaired) electrons. The van der Waals surface area contributed by atoms with Gasteiger partial charge in [-0.05, 0) is 12.3 Å². The minimum atomic E-state index is -0.660. The second kappa shape index (κ2) is 7.09. The molecule has 3 amide bonds. The average Bonchev–Trinajstić information content (AvgIpc) is 2.21. The molecule has 88 valence electrons. The van der Waals surface area contributed by atoms with Crippen LogP contribution in [0.3, 0.4) is 0 Å². The molecule has 0 spiro atoms. The Kier molecular flexibility index (Phi) is 6.49. The van der Waals surface area contributed by atoms with E-state index >= 15 is 0 Å². The van der Waals surface area contributed by atoms with Crippen LogP contribution in [0, 0.1) is 5.92 Å². The summed E-state index contributed by atoms with van der Waals surface area (Å²) in [5.74, 6) is -0.0839. The molecule has 0 saturated carbocycles. The molecule has 5 nitrogen and oxygen atoms in total. The first kappa shape index (κ1) is 13.7. The van der Waals surface area contributed by atoms with E-state index in [0.717, 1.165) is 12.8 Å². The van der Waals surface area contributed by atoms with Gasteiger partial charge in [-0.3, -0.25) is 4.79 Å². The summed E-state index contributed by atoms with van der Waals surface area (Å²) in [4.78, 5) is 22.4. The highest BCUT2D eigenvalue weighted by Crippen LogP contribution is 2.07. The molecule has 0 aliphatic rings. The Morgan fingerprint density at radius 3 is 2.33 bits per heavy atom. The van der Waals surface area contributed by atoms with Gasteiger partial charge in [0.15, 0.2) is 0 Å². The number of rotatable bonds is 6. The van der Waals surface area contributed by atoms with E-state index in [4.69, 9.17) is 5.73 Å². The van der Waals surface area contributed by atoms with Crippen LogP contribution in [0.15, 0.2) is 0 Å². The molecule has 0 bridgehead atoms. The van der Waals surface area contributed by atoms with E-state index in [-0.39, 0.29) is 11.8 Å². The van der Waals surface area contributed by atoms with Crippen LogP contribution in [0.25, 0.3) is 0 Å². The van der Waals surface area contributed by atoms with E-state index in [1.165, 1.54) is 0 Å². The second-order valence-electron chi connectivity index (χ2n) is 3.66. The Hall–Kier alpha value is -1.26. The number of urea groups is 1. The normalized spacial score (nSPS) is 14.1. The molecular weight excluding hydrogens is 194 g/mol. The Morgan fingerprint density at radius 2 is 1.93 bits per heavy atom. The molecule has 0 aromatic carbocycles. The lowest BCUT2D eigenvalue weighted by molar-refractivity contribution is -0.124. The van der Waals surface area contributed by atoms with Crippen LogP contribution in [0.4, 0.5) is 4.79 Å². The van der Waals surface area contributed by atoms with Gasteiger partial charge >= 0.3 is 6.03 Å². The summed E-state index contributed by atoms with van der Waals surface area (Å²) < 4.78 is 0. The van der Waals surface area contributed by atoms with Crippen LogP contribution in [0.2, 0.25) is 0 Å². The van der Waals surface area contributed by atoms with Gasteiger partial charge in [-0.1, -0.05) is 27.2 Å². The fourth-order valence-corrected chi connectivity index (χ4v) is 1.21. The van der Waals surface area contributed by atoms with E-state index < -0.39 is 12.1 Å². The fraction of sp³-hybridized carbons (Fsp3) is 0.800. The molecule has 0 aliphatic carbocycles. The number of hydrogen-bond acceptors (Lipinski definition) is 2. The van der Waals surface area contributed by atoms with Crippen molar-refractivity contribution in [2.75, 3.05) is 6.54 Å². The molecule has 0 rings (SSSR count). The molecule has 0 fully saturated rings. The molecule has 5 heteroatoms. The van der Waals surface area contributed by atoms with Gasteiger partial charge in [0.25, 0.3) is 0 Å². The summed E-state index contributed by atoms with van der Waals surface area (Å²) in [5, 5.41) is 5.21. The van der Waals surface area contributed by atoms with E-state index in [0.29, 0.717) is 6.54 Å². The summed E-state index contributed by atoms with van der Waals surface area (Å²) in [6.45, 7) is 6.46. The molecule has 4 N–H and O–H groups in total. The SMILES string of the molecule is CCCNC(=O)[C@@H](NC(N)=O)[C@@H](C)CC. The highest BCUT2D eigenvalue weighted by atomic mass is 16.2. The Morgan fingerprint density at radius 1 is 1.33 bits per heavy atom. The van der Waals surface area contributed by atoms with E-state index in [2.05, 4.69) is 10.6 Å². The predicted molar refractivity (Wildman–Crippen MR) is 59.3 cm³/mol. The van der Waals surface area contributed by atoms with Crippen molar-refractivity contribution in [3.05, 3.63) is 0 Å². The van der Waals surface area contributed by atoms with Gasteiger partial charge in [-0.15, -0.1) is 0 Å².